The number of carbonyl (C=O) groups excluding carboxylic acids is 1. The second-order valence-corrected chi connectivity index (χ2v) is 5.99. The summed E-state index contributed by atoms with van der Waals surface area (Å²) in [6, 6.07) is 4.82. The summed E-state index contributed by atoms with van der Waals surface area (Å²) in [6.45, 7) is -2.43. The molecule has 1 aromatic carbocycles. The first-order valence-corrected chi connectivity index (χ1v) is 7.66. The Morgan fingerprint density at radius 3 is 2.15 bits per heavy atom. The van der Waals surface area contributed by atoms with Gasteiger partial charge in [0.1, 0.15) is 5.75 Å². The van der Waals surface area contributed by atoms with Crippen molar-refractivity contribution in [2.45, 2.75) is 25.2 Å². The number of nitro benzene ring substituents is 1. The molecule has 27 heavy (non-hydrogen) atoms. The monoisotopic (exact) mass is 400 g/mol. The lowest BCUT2D eigenvalue weighted by molar-refractivity contribution is -0.384. The Morgan fingerprint density at radius 2 is 1.70 bits per heavy atom. The number of hydrogen-bond acceptors (Lipinski definition) is 4. The molecule has 1 fully saturated rings. The fourth-order valence-electron chi connectivity index (χ4n) is 2.72. The molecule has 12 heteroatoms. The molecule has 1 aliphatic heterocycles. The van der Waals surface area contributed by atoms with Gasteiger partial charge < -0.3 is 9.64 Å². The highest BCUT2D eigenvalue weighted by Crippen LogP contribution is 2.55. The number of carbonyl (C=O) groups is 1. The minimum Gasteiger partial charge on any atom is -0.493 e. The Bertz CT molecular complexity index is 688. The predicted octanol–water partition coefficient (Wildman–Crippen LogP) is 3.71. The molecule has 0 unspecified atom stereocenters. The summed E-state index contributed by atoms with van der Waals surface area (Å²) in [5, 5.41) is 10.5. The van der Waals surface area contributed by atoms with Gasteiger partial charge in [0.25, 0.3) is 5.69 Å². The van der Waals surface area contributed by atoms with Crippen molar-refractivity contribution in [2.75, 3.05) is 19.7 Å². The first-order chi connectivity index (χ1) is 12.4. The smallest absolute Gasteiger partial charge is 0.404 e. The van der Waals surface area contributed by atoms with Crippen molar-refractivity contribution in [3.05, 3.63) is 34.4 Å². The first-order valence-electron chi connectivity index (χ1n) is 7.66. The lowest BCUT2D eigenvalue weighted by Crippen LogP contribution is -2.52. The third kappa shape index (κ3) is 4.25. The van der Waals surface area contributed by atoms with Crippen molar-refractivity contribution in [3.63, 3.8) is 0 Å². The third-order valence-corrected chi connectivity index (χ3v) is 4.34. The highest BCUT2D eigenvalue weighted by Gasteiger charge is 2.72. The minimum atomic E-state index is -5.52. The standard InChI is InChI=1S/C15H14F6N2O4/c16-14(17,18)13(15(19,20)21)6-7-22(9-13)12(24)5-8-27-11-3-1-10(2-4-11)23(25)26/h1-4H,5-9H2. The molecule has 0 radical (unpaired) electrons. The topological polar surface area (TPSA) is 72.7 Å². The van der Waals surface area contributed by atoms with E-state index in [1.54, 1.807) is 0 Å². The maximum absolute atomic E-state index is 13.0. The van der Waals surface area contributed by atoms with Crippen molar-refractivity contribution in [3.8, 4) is 5.75 Å². The van der Waals surface area contributed by atoms with Crippen LogP contribution < -0.4 is 4.74 Å². The summed E-state index contributed by atoms with van der Waals surface area (Å²) in [5.74, 6) is -0.720. The van der Waals surface area contributed by atoms with Crippen LogP contribution >= 0.6 is 0 Å². The van der Waals surface area contributed by atoms with E-state index < -0.39 is 54.5 Å². The van der Waals surface area contributed by atoms with Crippen molar-refractivity contribution in [1.82, 2.24) is 4.90 Å². The van der Waals surface area contributed by atoms with E-state index in [1.165, 1.54) is 12.1 Å². The zero-order valence-electron chi connectivity index (χ0n) is 13.6. The summed E-state index contributed by atoms with van der Waals surface area (Å²) in [6.07, 6.45) is -12.7. The molecule has 0 saturated carbocycles. The summed E-state index contributed by atoms with van der Waals surface area (Å²) in [4.78, 5) is 22.4. The van der Waals surface area contributed by atoms with Crippen LogP contribution in [0.3, 0.4) is 0 Å². The zero-order chi connectivity index (χ0) is 20.5. The van der Waals surface area contributed by atoms with E-state index in [-0.39, 0.29) is 18.0 Å². The number of ether oxygens (including phenoxy) is 1. The summed E-state index contributed by atoms with van der Waals surface area (Å²) in [7, 11) is 0. The molecule has 150 valence electrons. The lowest BCUT2D eigenvalue weighted by atomic mass is 9.85. The van der Waals surface area contributed by atoms with Crippen LogP contribution in [0.15, 0.2) is 24.3 Å². The molecule has 0 N–H and O–H groups in total. The maximum Gasteiger partial charge on any atom is 0.404 e. The average Bonchev–Trinajstić information content (AvgIpc) is 3.02. The molecule has 1 heterocycles. The molecule has 6 nitrogen and oxygen atoms in total. The molecule has 0 aromatic heterocycles. The van der Waals surface area contributed by atoms with Crippen LogP contribution in [0.2, 0.25) is 0 Å². The van der Waals surface area contributed by atoms with E-state index in [1.807, 2.05) is 0 Å². The van der Waals surface area contributed by atoms with E-state index in [0.717, 1.165) is 12.1 Å². The van der Waals surface area contributed by atoms with Crippen molar-refractivity contribution in [1.29, 1.82) is 0 Å². The number of rotatable bonds is 5. The second kappa shape index (κ2) is 7.24. The molecule has 1 aromatic rings. The van der Waals surface area contributed by atoms with Crippen molar-refractivity contribution < 1.29 is 40.8 Å². The number of benzene rings is 1. The fraction of sp³-hybridized carbons (Fsp3) is 0.533. The van der Waals surface area contributed by atoms with Gasteiger partial charge in [-0.3, -0.25) is 14.9 Å². The van der Waals surface area contributed by atoms with Crippen LogP contribution in [0.5, 0.6) is 5.75 Å². The molecule has 1 amide bonds. The quantitative estimate of drug-likeness (QED) is 0.429. The molecule has 1 saturated heterocycles. The number of likely N-dealkylation sites (tertiary alicyclic amines) is 1. The summed E-state index contributed by atoms with van der Waals surface area (Å²) < 4.78 is 83.0. The minimum absolute atomic E-state index is 0.176. The highest BCUT2D eigenvalue weighted by atomic mass is 19.4. The van der Waals surface area contributed by atoms with Gasteiger partial charge in [-0.25, -0.2) is 0 Å². The average molecular weight is 400 g/mol. The Labute approximate surface area is 148 Å². The van der Waals surface area contributed by atoms with Gasteiger partial charge in [0.05, 0.1) is 18.0 Å². The van der Waals surface area contributed by atoms with Crippen molar-refractivity contribution >= 4 is 11.6 Å². The number of nitrogens with zero attached hydrogens (tertiary/aromatic N) is 2. The molecule has 0 bridgehead atoms. The molecule has 1 aliphatic rings. The Morgan fingerprint density at radius 1 is 1.15 bits per heavy atom. The highest BCUT2D eigenvalue weighted by molar-refractivity contribution is 5.76. The van der Waals surface area contributed by atoms with Gasteiger partial charge >= 0.3 is 12.4 Å². The fourth-order valence-corrected chi connectivity index (χ4v) is 2.72. The van der Waals surface area contributed by atoms with E-state index in [2.05, 4.69) is 0 Å². The molecule has 0 spiro atoms. The van der Waals surface area contributed by atoms with Crippen molar-refractivity contribution in [2.24, 2.45) is 5.41 Å². The van der Waals surface area contributed by atoms with E-state index in [9.17, 15) is 41.3 Å². The van der Waals surface area contributed by atoms with Crippen LogP contribution in [0.4, 0.5) is 32.0 Å². The van der Waals surface area contributed by atoms with Gasteiger partial charge in [0.2, 0.25) is 5.91 Å². The van der Waals surface area contributed by atoms with Gasteiger partial charge in [-0.1, -0.05) is 0 Å². The van der Waals surface area contributed by atoms with Crippen LogP contribution in [0.25, 0.3) is 0 Å². The Balaban J connectivity index is 1.92. The number of alkyl halides is 6. The normalized spacial score (nSPS) is 17.0. The van der Waals surface area contributed by atoms with E-state index in [4.69, 9.17) is 4.74 Å². The van der Waals surface area contributed by atoms with Gasteiger partial charge in [0, 0.05) is 25.2 Å². The first kappa shape index (κ1) is 20.8. The van der Waals surface area contributed by atoms with Crippen LogP contribution in [-0.2, 0) is 4.79 Å². The van der Waals surface area contributed by atoms with Gasteiger partial charge in [0.15, 0.2) is 5.41 Å². The summed E-state index contributed by atoms with van der Waals surface area (Å²) >= 11 is 0. The van der Waals surface area contributed by atoms with E-state index >= 15 is 0 Å². The molecular weight excluding hydrogens is 386 g/mol. The lowest BCUT2D eigenvalue weighted by Gasteiger charge is -2.33. The number of halogens is 6. The third-order valence-electron chi connectivity index (χ3n) is 4.34. The second-order valence-electron chi connectivity index (χ2n) is 5.99. The number of amides is 1. The van der Waals surface area contributed by atoms with E-state index in [0.29, 0.717) is 4.90 Å². The predicted molar refractivity (Wildman–Crippen MR) is 78.9 cm³/mol. The van der Waals surface area contributed by atoms with Crippen LogP contribution in [0.1, 0.15) is 12.8 Å². The van der Waals surface area contributed by atoms with Crippen LogP contribution in [0, 0.1) is 15.5 Å². The number of non-ortho nitro benzene ring substituents is 1. The maximum atomic E-state index is 13.0. The Hall–Kier alpha value is -2.53. The molecule has 0 aliphatic carbocycles. The Kier molecular flexibility index (Phi) is 5.57. The van der Waals surface area contributed by atoms with Crippen LogP contribution in [-0.4, -0.2) is 47.8 Å². The largest absolute Gasteiger partial charge is 0.493 e. The van der Waals surface area contributed by atoms with Gasteiger partial charge in [-0.05, 0) is 18.6 Å². The van der Waals surface area contributed by atoms with Gasteiger partial charge in [-0.2, -0.15) is 26.3 Å². The molecule has 2 rings (SSSR count). The zero-order valence-corrected chi connectivity index (χ0v) is 13.6. The molecular formula is C15H14F6N2O4. The molecule has 0 atom stereocenters. The van der Waals surface area contributed by atoms with Gasteiger partial charge in [-0.15, -0.1) is 0 Å². The number of nitro groups is 1. The summed E-state index contributed by atoms with van der Waals surface area (Å²) in [5.41, 5.74) is -4.11. The SMILES string of the molecule is O=C(CCOc1ccc([N+](=O)[O-])cc1)N1CCC(C(F)(F)F)(C(F)(F)F)C1. The number of hydrogen-bond donors (Lipinski definition) is 0.